The molecular weight excluding hydrogens is 280 g/mol. The van der Waals surface area contributed by atoms with E-state index in [1.807, 2.05) is 6.92 Å². The van der Waals surface area contributed by atoms with Crippen molar-refractivity contribution in [1.29, 1.82) is 0 Å². The predicted molar refractivity (Wildman–Crippen MR) is 87.5 cm³/mol. The van der Waals surface area contributed by atoms with Gasteiger partial charge in [-0.15, -0.1) is 0 Å². The van der Waals surface area contributed by atoms with Crippen molar-refractivity contribution in [3.63, 3.8) is 0 Å². The number of piperidine rings is 1. The molecule has 1 aliphatic heterocycles. The van der Waals surface area contributed by atoms with Gasteiger partial charge in [0.05, 0.1) is 6.61 Å². The second-order valence-corrected chi connectivity index (χ2v) is 6.01. The number of carbonyl (C=O) groups is 2. The molecule has 1 aliphatic rings. The van der Waals surface area contributed by atoms with Gasteiger partial charge < -0.3 is 10.1 Å². The fourth-order valence-electron chi connectivity index (χ4n) is 2.97. The molecule has 0 bridgehead atoms. The summed E-state index contributed by atoms with van der Waals surface area (Å²) in [5.41, 5.74) is 0. The molecule has 1 unspecified atom stereocenters. The van der Waals surface area contributed by atoms with Crippen LogP contribution in [0.3, 0.4) is 0 Å². The van der Waals surface area contributed by atoms with Crippen molar-refractivity contribution in [3.8, 4) is 0 Å². The van der Waals surface area contributed by atoms with Gasteiger partial charge in [-0.25, -0.2) is 0 Å². The lowest BCUT2D eigenvalue weighted by molar-refractivity contribution is -0.150. The summed E-state index contributed by atoms with van der Waals surface area (Å²) >= 11 is 0. The fraction of sp³-hybridized carbons (Fsp3) is 0.882. The van der Waals surface area contributed by atoms with Crippen molar-refractivity contribution in [2.75, 3.05) is 26.2 Å². The molecule has 0 aromatic heterocycles. The van der Waals surface area contributed by atoms with Crippen LogP contribution in [0.5, 0.6) is 0 Å². The lowest BCUT2D eigenvalue weighted by atomic mass is 9.94. The number of unbranched alkanes of at least 4 members (excludes halogenated alkanes) is 1. The number of nitrogens with one attached hydrogen (secondary N) is 1. The average Bonchev–Trinajstić information content (AvgIpc) is 2.53. The molecular formula is C17H32N2O3. The monoisotopic (exact) mass is 312 g/mol. The molecule has 1 atom stereocenters. The molecule has 1 N–H and O–H groups in total. The summed E-state index contributed by atoms with van der Waals surface area (Å²) < 4.78 is 5.19. The highest BCUT2D eigenvalue weighted by atomic mass is 16.5. The summed E-state index contributed by atoms with van der Waals surface area (Å²) in [6, 6.07) is -0.144. The first kappa shape index (κ1) is 18.9. The van der Waals surface area contributed by atoms with Crippen molar-refractivity contribution >= 4 is 11.9 Å². The van der Waals surface area contributed by atoms with Crippen LogP contribution < -0.4 is 5.32 Å². The molecule has 22 heavy (non-hydrogen) atoms. The normalized spacial score (nSPS) is 18.0. The molecule has 0 saturated carbocycles. The van der Waals surface area contributed by atoms with Crippen molar-refractivity contribution in [2.45, 2.75) is 65.3 Å². The van der Waals surface area contributed by atoms with E-state index >= 15 is 0 Å². The third-order valence-electron chi connectivity index (χ3n) is 4.29. The molecule has 0 radical (unpaired) electrons. The maximum absolute atomic E-state index is 12.1. The summed E-state index contributed by atoms with van der Waals surface area (Å²) in [5.74, 6) is 0.157. The van der Waals surface area contributed by atoms with Crippen LogP contribution in [0, 0.1) is 5.92 Å². The molecule has 1 amide bonds. The Hall–Kier alpha value is -1.10. The summed E-state index contributed by atoms with van der Waals surface area (Å²) in [6.07, 6.45) is 5.57. The third kappa shape index (κ3) is 5.95. The zero-order valence-corrected chi connectivity index (χ0v) is 14.4. The Morgan fingerprint density at radius 2 is 1.86 bits per heavy atom. The van der Waals surface area contributed by atoms with E-state index in [1.54, 1.807) is 0 Å². The minimum atomic E-state index is -0.144. The first-order valence-corrected chi connectivity index (χ1v) is 8.82. The number of ether oxygens (including phenoxy) is 1. The summed E-state index contributed by atoms with van der Waals surface area (Å²) in [7, 11) is 0. The summed E-state index contributed by atoms with van der Waals surface area (Å²) in [4.78, 5) is 26.4. The van der Waals surface area contributed by atoms with Crippen LogP contribution in [-0.4, -0.2) is 49.1 Å². The Balaban J connectivity index is 2.44. The van der Waals surface area contributed by atoms with Crippen molar-refractivity contribution in [2.24, 2.45) is 5.92 Å². The Labute approximate surface area is 134 Å². The fourth-order valence-corrected chi connectivity index (χ4v) is 2.97. The molecule has 128 valence electrons. The molecule has 5 heteroatoms. The van der Waals surface area contributed by atoms with Crippen LogP contribution in [0.1, 0.15) is 59.3 Å². The van der Waals surface area contributed by atoms with E-state index in [4.69, 9.17) is 4.74 Å². The highest BCUT2D eigenvalue weighted by molar-refractivity contribution is 5.79. The highest BCUT2D eigenvalue weighted by Gasteiger charge is 2.32. The number of carbonyl (C=O) groups excluding carboxylic acids is 2. The van der Waals surface area contributed by atoms with E-state index in [1.165, 1.54) is 0 Å². The summed E-state index contributed by atoms with van der Waals surface area (Å²) in [5, 5.41) is 3.02. The van der Waals surface area contributed by atoms with Crippen molar-refractivity contribution < 1.29 is 14.3 Å². The van der Waals surface area contributed by atoms with E-state index in [2.05, 4.69) is 24.1 Å². The largest absolute Gasteiger partial charge is 0.465 e. The van der Waals surface area contributed by atoms with Gasteiger partial charge >= 0.3 is 5.97 Å². The van der Waals surface area contributed by atoms with Crippen molar-refractivity contribution in [3.05, 3.63) is 0 Å². The summed E-state index contributed by atoms with van der Waals surface area (Å²) in [6.45, 7) is 8.85. The number of hydrogen-bond donors (Lipinski definition) is 1. The van der Waals surface area contributed by atoms with E-state index in [-0.39, 0.29) is 23.8 Å². The lowest BCUT2D eigenvalue weighted by Crippen LogP contribution is -2.48. The Morgan fingerprint density at radius 1 is 1.18 bits per heavy atom. The third-order valence-corrected chi connectivity index (χ3v) is 4.29. The van der Waals surface area contributed by atoms with E-state index in [0.717, 1.165) is 58.2 Å². The number of amides is 1. The average molecular weight is 312 g/mol. The predicted octanol–water partition coefficient (Wildman–Crippen LogP) is 2.35. The zero-order chi connectivity index (χ0) is 16.4. The van der Waals surface area contributed by atoms with Crippen LogP contribution in [0.25, 0.3) is 0 Å². The first-order chi connectivity index (χ1) is 10.6. The van der Waals surface area contributed by atoms with Crippen LogP contribution in [0.4, 0.5) is 0 Å². The van der Waals surface area contributed by atoms with Crippen LogP contribution in [0.2, 0.25) is 0 Å². The van der Waals surface area contributed by atoms with Gasteiger partial charge in [-0.05, 0) is 45.7 Å². The van der Waals surface area contributed by atoms with Gasteiger partial charge in [-0.2, -0.15) is 0 Å². The van der Waals surface area contributed by atoms with E-state index in [0.29, 0.717) is 6.61 Å². The second kappa shape index (κ2) is 10.6. The molecule has 1 fully saturated rings. The van der Waals surface area contributed by atoms with Gasteiger partial charge in [0.2, 0.25) is 5.91 Å². The molecule has 0 spiro atoms. The van der Waals surface area contributed by atoms with Gasteiger partial charge in [0, 0.05) is 12.5 Å². The molecule has 1 rings (SSSR count). The van der Waals surface area contributed by atoms with E-state index < -0.39 is 0 Å². The highest BCUT2D eigenvalue weighted by Crippen LogP contribution is 2.21. The quantitative estimate of drug-likeness (QED) is 0.524. The standard InChI is InChI=1S/C17H32N2O3/c1-4-7-11-18-16(20)14-9-12-19(13-10-14)15(8-5-2)17(21)22-6-3/h14-15H,4-13H2,1-3H3,(H,18,20). The topological polar surface area (TPSA) is 58.6 Å². The minimum Gasteiger partial charge on any atom is -0.465 e. The maximum Gasteiger partial charge on any atom is 0.323 e. The molecule has 0 aromatic carbocycles. The number of rotatable bonds is 9. The van der Waals surface area contributed by atoms with Gasteiger partial charge in [0.25, 0.3) is 0 Å². The van der Waals surface area contributed by atoms with Crippen LogP contribution in [0.15, 0.2) is 0 Å². The molecule has 0 aliphatic carbocycles. The van der Waals surface area contributed by atoms with Gasteiger partial charge in [-0.3, -0.25) is 14.5 Å². The molecule has 5 nitrogen and oxygen atoms in total. The van der Waals surface area contributed by atoms with Gasteiger partial charge in [-0.1, -0.05) is 26.7 Å². The lowest BCUT2D eigenvalue weighted by Gasteiger charge is -2.35. The van der Waals surface area contributed by atoms with E-state index in [9.17, 15) is 9.59 Å². The second-order valence-electron chi connectivity index (χ2n) is 6.01. The molecule has 0 aromatic rings. The molecule has 1 saturated heterocycles. The Kier molecular flexibility index (Phi) is 9.13. The number of hydrogen-bond acceptors (Lipinski definition) is 4. The zero-order valence-electron chi connectivity index (χ0n) is 14.4. The van der Waals surface area contributed by atoms with Gasteiger partial charge in [0.15, 0.2) is 0 Å². The first-order valence-electron chi connectivity index (χ1n) is 8.82. The number of likely N-dealkylation sites (tertiary alicyclic amines) is 1. The minimum absolute atomic E-state index is 0.0950. The van der Waals surface area contributed by atoms with Crippen LogP contribution >= 0.6 is 0 Å². The van der Waals surface area contributed by atoms with Crippen molar-refractivity contribution in [1.82, 2.24) is 10.2 Å². The number of esters is 1. The van der Waals surface area contributed by atoms with Crippen LogP contribution in [-0.2, 0) is 14.3 Å². The number of nitrogens with zero attached hydrogens (tertiary/aromatic N) is 1. The maximum atomic E-state index is 12.1. The SMILES string of the molecule is CCCCNC(=O)C1CCN(C(CCC)C(=O)OCC)CC1. The Morgan fingerprint density at radius 3 is 2.41 bits per heavy atom. The molecule has 1 heterocycles. The smallest absolute Gasteiger partial charge is 0.323 e. The van der Waals surface area contributed by atoms with Gasteiger partial charge in [0.1, 0.15) is 6.04 Å². The Bertz CT molecular complexity index is 339.